The van der Waals surface area contributed by atoms with Crippen LogP contribution in [0, 0.1) is 5.82 Å². The van der Waals surface area contributed by atoms with Crippen molar-refractivity contribution in [1.82, 2.24) is 4.98 Å². The van der Waals surface area contributed by atoms with E-state index in [2.05, 4.69) is 9.88 Å². The second kappa shape index (κ2) is 6.24. The normalized spacial score (nSPS) is 14.2. The van der Waals surface area contributed by atoms with E-state index in [1.165, 1.54) is 6.07 Å². The van der Waals surface area contributed by atoms with E-state index in [-0.39, 0.29) is 10.8 Å². The SMILES string of the molecule is COc1ccc(-c2c[nH]c3c(N4CCCC4)ccc(F)c3c2=O)cc1. The van der Waals surface area contributed by atoms with Crippen molar-refractivity contribution < 1.29 is 9.13 Å². The predicted octanol–water partition coefficient (Wildman–Crippen LogP) is 3.94. The Balaban J connectivity index is 1.89. The standard InChI is InChI=1S/C20H19FN2O2/c1-25-14-6-4-13(5-7-14)15-12-22-19-17(23-10-2-3-11-23)9-8-16(21)18(19)20(15)24/h4-9,12H,2-3,10-11H2,1H3,(H,22,24). The number of hydrogen-bond acceptors (Lipinski definition) is 3. The number of halogens is 1. The summed E-state index contributed by atoms with van der Waals surface area (Å²) in [5.74, 6) is 0.220. The van der Waals surface area contributed by atoms with Gasteiger partial charge in [0, 0.05) is 24.8 Å². The van der Waals surface area contributed by atoms with E-state index in [9.17, 15) is 9.18 Å². The lowest BCUT2D eigenvalue weighted by Crippen LogP contribution is -2.19. The molecule has 1 saturated heterocycles. The zero-order valence-corrected chi connectivity index (χ0v) is 14.0. The number of benzene rings is 2. The number of nitrogens with one attached hydrogen (secondary N) is 1. The lowest BCUT2D eigenvalue weighted by Gasteiger charge is -2.20. The predicted molar refractivity (Wildman–Crippen MR) is 98.0 cm³/mol. The summed E-state index contributed by atoms with van der Waals surface area (Å²) in [6.07, 6.45) is 3.91. The van der Waals surface area contributed by atoms with Gasteiger partial charge in [0.2, 0.25) is 0 Å². The first-order chi connectivity index (χ1) is 12.2. The van der Waals surface area contributed by atoms with Gasteiger partial charge in [-0.1, -0.05) is 12.1 Å². The number of hydrogen-bond donors (Lipinski definition) is 1. The summed E-state index contributed by atoms with van der Waals surface area (Å²) in [7, 11) is 1.59. The third-order valence-corrected chi connectivity index (χ3v) is 4.81. The molecule has 1 aliphatic heterocycles. The molecule has 128 valence electrons. The van der Waals surface area contributed by atoms with Crippen molar-refractivity contribution >= 4 is 16.6 Å². The molecule has 4 rings (SSSR count). The number of nitrogens with zero attached hydrogens (tertiary/aromatic N) is 1. The van der Waals surface area contributed by atoms with Gasteiger partial charge in [0.15, 0.2) is 5.43 Å². The number of ether oxygens (including phenoxy) is 1. The highest BCUT2D eigenvalue weighted by Crippen LogP contribution is 2.30. The topological polar surface area (TPSA) is 45.3 Å². The van der Waals surface area contributed by atoms with Crippen LogP contribution >= 0.6 is 0 Å². The molecule has 1 aliphatic rings. The van der Waals surface area contributed by atoms with Crippen LogP contribution in [0.25, 0.3) is 22.0 Å². The Morgan fingerprint density at radius 1 is 1.08 bits per heavy atom. The summed E-state index contributed by atoms with van der Waals surface area (Å²) in [5, 5.41) is 0.123. The van der Waals surface area contributed by atoms with Crippen LogP contribution in [0.4, 0.5) is 10.1 Å². The maximum absolute atomic E-state index is 14.5. The molecule has 0 spiro atoms. The lowest BCUT2D eigenvalue weighted by molar-refractivity contribution is 0.415. The average Bonchev–Trinajstić information content (AvgIpc) is 3.17. The highest BCUT2D eigenvalue weighted by molar-refractivity contribution is 5.93. The number of aromatic nitrogens is 1. The number of pyridine rings is 1. The Morgan fingerprint density at radius 2 is 1.80 bits per heavy atom. The van der Waals surface area contributed by atoms with E-state index in [1.54, 1.807) is 43.6 Å². The first kappa shape index (κ1) is 15.7. The van der Waals surface area contributed by atoms with Gasteiger partial charge >= 0.3 is 0 Å². The van der Waals surface area contributed by atoms with Gasteiger partial charge in [0.1, 0.15) is 11.6 Å². The number of anilines is 1. The molecule has 0 radical (unpaired) electrons. The number of rotatable bonds is 3. The highest BCUT2D eigenvalue weighted by Gasteiger charge is 2.19. The largest absolute Gasteiger partial charge is 0.497 e. The number of methoxy groups -OCH3 is 1. The number of H-pyrrole nitrogens is 1. The molecule has 0 aliphatic carbocycles. The second-order valence-corrected chi connectivity index (χ2v) is 6.27. The van der Waals surface area contributed by atoms with Crippen molar-refractivity contribution in [3.05, 3.63) is 58.6 Å². The van der Waals surface area contributed by atoms with E-state index in [1.807, 2.05) is 0 Å². The van der Waals surface area contributed by atoms with Gasteiger partial charge in [-0.3, -0.25) is 4.79 Å². The molecular weight excluding hydrogens is 319 g/mol. The van der Waals surface area contributed by atoms with Gasteiger partial charge < -0.3 is 14.6 Å². The Morgan fingerprint density at radius 3 is 2.48 bits per heavy atom. The third-order valence-electron chi connectivity index (χ3n) is 4.81. The second-order valence-electron chi connectivity index (χ2n) is 6.27. The molecule has 0 unspecified atom stereocenters. The van der Waals surface area contributed by atoms with Crippen LogP contribution in [-0.2, 0) is 0 Å². The fraction of sp³-hybridized carbons (Fsp3) is 0.250. The molecule has 3 aromatic rings. The van der Waals surface area contributed by atoms with Gasteiger partial charge in [0.25, 0.3) is 0 Å². The zero-order chi connectivity index (χ0) is 17.4. The van der Waals surface area contributed by atoms with E-state index < -0.39 is 5.82 Å². The first-order valence-corrected chi connectivity index (χ1v) is 8.42. The molecule has 0 bridgehead atoms. The van der Waals surface area contributed by atoms with Crippen LogP contribution in [0.5, 0.6) is 5.75 Å². The van der Waals surface area contributed by atoms with Crippen LogP contribution in [0.3, 0.4) is 0 Å². The summed E-state index contributed by atoms with van der Waals surface area (Å²) >= 11 is 0. The summed E-state index contributed by atoms with van der Waals surface area (Å²) in [4.78, 5) is 18.3. The van der Waals surface area contributed by atoms with E-state index in [0.29, 0.717) is 16.8 Å². The van der Waals surface area contributed by atoms with Crippen molar-refractivity contribution in [2.75, 3.05) is 25.1 Å². The monoisotopic (exact) mass is 338 g/mol. The molecular formula is C20H19FN2O2. The summed E-state index contributed by atoms with van der Waals surface area (Å²) in [6.45, 7) is 1.87. The minimum atomic E-state index is -0.491. The van der Waals surface area contributed by atoms with E-state index in [0.717, 1.165) is 37.2 Å². The lowest BCUT2D eigenvalue weighted by atomic mass is 10.0. The van der Waals surface area contributed by atoms with Crippen LogP contribution in [0.15, 0.2) is 47.4 Å². The van der Waals surface area contributed by atoms with Crippen LogP contribution < -0.4 is 15.1 Å². The first-order valence-electron chi connectivity index (χ1n) is 8.42. The maximum Gasteiger partial charge on any atom is 0.200 e. The average molecular weight is 338 g/mol. The zero-order valence-electron chi connectivity index (χ0n) is 14.0. The minimum Gasteiger partial charge on any atom is -0.497 e. The Kier molecular flexibility index (Phi) is 3.92. The van der Waals surface area contributed by atoms with Crippen molar-refractivity contribution in [3.63, 3.8) is 0 Å². The molecule has 0 atom stereocenters. The van der Waals surface area contributed by atoms with Crippen molar-refractivity contribution in [1.29, 1.82) is 0 Å². The Labute approximate surface area is 144 Å². The molecule has 25 heavy (non-hydrogen) atoms. The van der Waals surface area contributed by atoms with Gasteiger partial charge in [0.05, 0.1) is 23.7 Å². The van der Waals surface area contributed by atoms with Crippen LogP contribution in [-0.4, -0.2) is 25.2 Å². The fourth-order valence-corrected chi connectivity index (χ4v) is 3.49. The van der Waals surface area contributed by atoms with E-state index >= 15 is 0 Å². The molecule has 2 heterocycles. The highest BCUT2D eigenvalue weighted by atomic mass is 19.1. The van der Waals surface area contributed by atoms with Crippen molar-refractivity contribution in [2.45, 2.75) is 12.8 Å². The van der Waals surface area contributed by atoms with Gasteiger partial charge in [-0.25, -0.2) is 4.39 Å². The molecule has 5 heteroatoms. The van der Waals surface area contributed by atoms with E-state index in [4.69, 9.17) is 4.74 Å². The van der Waals surface area contributed by atoms with Gasteiger partial charge in [-0.15, -0.1) is 0 Å². The molecule has 0 saturated carbocycles. The van der Waals surface area contributed by atoms with Crippen LogP contribution in [0.1, 0.15) is 12.8 Å². The minimum absolute atomic E-state index is 0.123. The molecule has 0 amide bonds. The quantitative estimate of drug-likeness (QED) is 0.787. The smallest absolute Gasteiger partial charge is 0.200 e. The molecule has 2 aromatic carbocycles. The molecule has 1 fully saturated rings. The number of aromatic amines is 1. The summed E-state index contributed by atoms with van der Waals surface area (Å²) in [5.41, 5.74) is 2.36. The Bertz CT molecular complexity index is 973. The van der Waals surface area contributed by atoms with Gasteiger partial charge in [-0.05, 0) is 42.7 Å². The molecule has 4 nitrogen and oxygen atoms in total. The number of fused-ring (bicyclic) bond motifs is 1. The van der Waals surface area contributed by atoms with Crippen molar-refractivity contribution in [3.8, 4) is 16.9 Å². The van der Waals surface area contributed by atoms with Crippen molar-refractivity contribution in [2.24, 2.45) is 0 Å². The summed E-state index contributed by atoms with van der Waals surface area (Å²) < 4.78 is 19.6. The fourth-order valence-electron chi connectivity index (χ4n) is 3.49. The molecule has 1 N–H and O–H groups in total. The third kappa shape index (κ3) is 2.65. The summed E-state index contributed by atoms with van der Waals surface area (Å²) in [6, 6.07) is 10.3. The Hall–Kier alpha value is -2.82. The van der Waals surface area contributed by atoms with Crippen LogP contribution in [0.2, 0.25) is 0 Å². The van der Waals surface area contributed by atoms with Gasteiger partial charge in [-0.2, -0.15) is 0 Å². The maximum atomic E-state index is 14.5. The molecule has 1 aromatic heterocycles.